The topological polar surface area (TPSA) is 97.5 Å². The Labute approximate surface area is 119 Å². The van der Waals surface area contributed by atoms with Crippen LogP contribution in [0.2, 0.25) is 0 Å². The van der Waals surface area contributed by atoms with Crippen LogP contribution in [-0.2, 0) is 0 Å². The Kier molecular flexibility index (Phi) is 3.31. The van der Waals surface area contributed by atoms with Crippen molar-refractivity contribution in [2.24, 2.45) is 10.2 Å². The number of rotatable bonds is 3. The van der Waals surface area contributed by atoms with Crippen LogP contribution in [0.25, 0.3) is 42.4 Å². The zero-order chi connectivity index (χ0) is 14.7. The summed E-state index contributed by atoms with van der Waals surface area (Å²) in [6.07, 6.45) is -0.906. The Morgan fingerprint density at radius 2 is 1.24 bits per heavy atom. The SMILES string of the molecule is [N-]=[N+]=NC(N=[N+]=[N-])c1c2ccccc2cc2ccccc12. The monoisotopic (exact) mass is 274 g/mol. The number of fused-ring (bicyclic) bond motifs is 2. The summed E-state index contributed by atoms with van der Waals surface area (Å²) in [4.78, 5) is 5.61. The quantitative estimate of drug-likeness (QED) is 0.256. The fraction of sp³-hybridized carbons (Fsp3) is 0.0667. The van der Waals surface area contributed by atoms with E-state index in [0.29, 0.717) is 0 Å². The Morgan fingerprint density at radius 1 is 0.762 bits per heavy atom. The van der Waals surface area contributed by atoms with E-state index in [4.69, 9.17) is 11.1 Å². The van der Waals surface area contributed by atoms with E-state index in [1.807, 2.05) is 48.5 Å². The average molecular weight is 274 g/mol. The largest absolute Gasteiger partial charge is 0.142 e. The van der Waals surface area contributed by atoms with Crippen molar-refractivity contribution in [3.05, 3.63) is 81.0 Å². The van der Waals surface area contributed by atoms with Gasteiger partial charge in [-0.05, 0) is 44.2 Å². The molecule has 0 aliphatic rings. The molecule has 0 spiro atoms. The molecule has 0 aromatic heterocycles. The summed E-state index contributed by atoms with van der Waals surface area (Å²) in [5, 5.41) is 11.1. The molecule has 0 heterocycles. The first kappa shape index (κ1) is 12.8. The summed E-state index contributed by atoms with van der Waals surface area (Å²) in [5.74, 6) is 0. The van der Waals surface area contributed by atoms with Crippen molar-refractivity contribution in [1.29, 1.82) is 0 Å². The normalized spacial score (nSPS) is 11.6. The van der Waals surface area contributed by atoms with Crippen LogP contribution < -0.4 is 0 Å². The highest BCUT2D eigenvalue weighted by atomic mass is 15.3. The van der Waals surface area contributed by atoms with Gasteiger partial charge in [-0.3, -0.25) is 0 Å². The van der Waals surface area contributed by atoms with Gasteiger partial charge >= 0.3 is 0 Å². The lowest BCUT2D eigenvalue weighted by Gasteiger charge is -2.13. The first-order valence-electron chi connectivity index (χ1n) is 6.34. The van der Waals surface area contributed by atoms with Crippen molar-refractivity contribution in [3.63, 3.8) is 0 Å². The number of nitrogens with zero attached hydrogens (tertiary/aromatic N) is 6. The lowest BCUT2D eigenvalue weighted by Crippen LogP contribution is -1.94. The lowest BCUT2D eigenvalue weighted by molar-refractivity contribution is 0.770. The number of azide groups is 1. The van der Waals surface area contributed by atoms with Crippen molar-refractivity contribution in [3.8, 4) is 0 Å². The Balaban J connectivity index is 2.50. The molecule has 0 atom stereocenters. The van der Waals surface area contributed by atoms with Crippen LogP contribution in [0.4, 0.5) is 0 Å². The summed E-state index contributed by atoms with van der Waals surface area (Å²) in [7, 11) is 0. The maximum atomic E-state index is 8.74. The molecule has 100 valence electrons. The first-order valence-corrected chi connectivity index (χ1v) is 6.34. The zero-order valence-electron chi connectivity index (χ0n) is 11.0. The van der Waals surface area contributed by atoms with Crippen LogP contribution in [-0.4, -0.2) is 0 Å². The van der Waals surface area contributed by atoms with Gasteiger partial charge in [-0.25, -0.2) is 0 Å². The number of benzene rings is 3. The van der Waals surface area contributed by atoms with Gasteiger partial charge in [0.2, 0.25) is 0 Å². The van der Waals surface area contributed by atoms with Gasteiger partial charge in [-0.15, -0.1) is 0 Å². The minimum absolute atomic E-state index is 0.735. The molecule has 3 aromatic carbocycles. The smallest absolute Gasteiger partial charge is 0.0798 e. The zero-order valence-corrected chi connectivity index (χ0v) is 11.0. The van der Waals surface area contributed by atoms with E-state index in [-0.39, 0.29) is 0 Å². The van der Waals surface area contributed by atoms with Crippen molar-refractivity contribution in [1.82, 2.24) is 0 Å². The molecule has 21 heavy (non-hydrogen) atoms. The van der Waals surface area contributed by atoms with Crippen molar-refractivity contribution in [2.75, 3.05) is 0 Å². The minimum Gasteiger partial charge on any atom is -0.0798 e. The summed E-state index contributed by atoms with van der Waals surface area (Å²) < 4.78 is 0. The van der Waals surface area contributed by atoms with Gasteiger partial charge in [0.25, 0.3) is 0 Å². The maximum absolute atomic E-state index is 8.74. The highest BCUT2D eigenvalue weighted by molar-refractivity contribution is 6.02. The third-order valence-electron chi connectivity index (χ3n) is 3.39. The maximum Gasteiger partial charge on any atom is 0.142 e. The second-order valence-electron chi connectivity index (χ2n) is 4.52. The van der Waals surface area contributed by atoms with Crippen molar-refractivity contribution < 1.29 is 0 Å². The van der Waals surface area contributed by atoms with E-state index in [0.717, 1.165) is 27.1 Å². The van der Waals surface area contributed by atoms with Crippen LogP contribution in [0.15, 0.2) is 64.8 Å². The molecule has 6 heteroatoms. The minimum atomic E-state index is -0.906. The van der Waals surface area contributed by atoms with E-state index in [1.54, 1.807) is 0 Å². The number of hydrogen-bond acceptors (Lipinski definition) is 2. The first-order chi connectivity index (χ1) is 10.3. The summed E-state index contributed by atoms with van der Waals surface area (Å²) in [6.45, 7) is 0. The van der Waals surface area contributed by atoms with Crippen LogP contribution >= 0.6 is 0 Å². The second kappa shape index (κ2) is 5.43. The molecule has 0 radical (unpaired) electrons. The van der Waals surface area contributed by atoms with Gasteiger partial charge < -0.3 is 0 Å². The molecule has 0 N–H and O–H groups in total. The number of hydrogen-bond donors (Lipinski definition) is 0. The third-order valence-corrected chi connectivity index (χ3v) is 3.39. The molecule has 0 aliphatic carbocycles. The van der Waals surface area contributed by atoms with Gasteiger partial charge in [0.1, 0.15) is 6.17 Å². The predicted molar refractivity (Wildman–Crippen MR) is 82.5 cm³/mol. The molecule has 0 fully saturated rings. The van der Waals surface area contributed by atoms with E-state index in [2.05, 4.69) is 26.1 Å². The molecule has 0 amide bonds. The Morgan fingerprint density at radius 3 is 1.71 bits per heavy atom. The second-order valence-corrected chi connectivity index (χ2v) is 4.52. The molecule has 3 aromatic rings. The Hall–Kier alpha value is -3.20. The van der Waals surface area contributed by atoms with E-state index in [9.17, 15) is 0 Å². The molecule has 0 unspecified atom stereocenters. The standard InChI is InChI=1S/C15H10N6/c16-20-18-15(19-21-17)14-12-7-3-1-5-10(12)9-11-6-2-4-8-13(11)14/h1-9,15H. The average Bonchev–Trinajstić information content (AvgIpc) is 2.52. The van der Waals surface area contributed by atoms with Crippen LogP contribution in [0, 0.1) is 0 Å². The fourth-order valence-electron chi connectivity index (χ4n) is 2.56. The van der Waals surface area contributed by atoms with E-state index >= 15 is 0 Å². The van der Waals surface area contributed by atoms with Gasteiger partial charge in [0.15, 0.2) is 0 Å². The molecular formula is C15H10N6. The van der Waals surface area contributed by atoms with E-state index < -0.39 is 6.17 Å². The highest BCUT2D eigenvalue weighted by Crippen LogP contribution is 2.35. The molecule has 0 saturated carbocycles. The predicted octanol–water partition coefficient (Wildman–Crippen LogP) is 5.61. The molecule has 6 nitrogen and oxygen atoms in total. The molecule has 0 aliphatic heterocycles. The summed E-state index contributed by atoms with van der Waals surface area (Å²) in [5.41, 5.74) is 18.2. The molecule has 3 rings (SSSR count). The van der Waals surface area contributed by atoms with Gasteiger partial charge in [-0.2, -0.15) is 0 Å². The summed E-state index contributed by atoms with van der Waals surface area (Å²) >= 11 is 0. The third kappa shape index (κ3) is 2.21. The molecular weight excluding hydrogens is 264 g/mol. The molecule has 0 bridgehead atoms. The molecule has 0 saturated heterocycles. The van der Waals surface area contributed by atoms with E-state index in [1.165, 1.54) is 0 Å². The van der Waals surface area contributed by atoms with Crippen molar-refractivity contribution in [2.45, 2.75) is 6.17 Å². The van der Waals surface area contributed by atoms with Gasteiger partial charge in [0.05, 0.1) is 0 Å². The van der Waals surface area contributed by atoms with Gasteiger partial charge in [0, 0.05) is 9.82 Å². The van der Waals surface area contributed by atoms with Gasteiger partial charge in [-0.1, -0.05) is 58.8 Å². The fourth-order valence-corrected chi connectivity index (χ4v) is 2.56. The lowest BCUT2D eigenvalue weighted by atomic mass is 9.95. The summed E-state index contributed by atoms with van der Waals surface area (Å²) in [6, 6.07) is 17.6. The van der Waals surface area contributed by atoms with Crippen molar-refractivity contribution >= 4 is 21.5 Å². The highest BCUT2D eigenvalue weighted by Gasteiger charge is 2.15. The van der Waals surface area contributed by atoms with Crippen LogP contribution in [0.5, 0.6) is 0 Å². The Bertz CT molecular complexity index is 848. The van der Waals surface area contributed by atoms with Crippen LogP contribution in [0.3, 0.4) is 0 Å². The van der Waals surface area contributed by atoms with Crippen LogP contribution in [0.1, 0.15) is 11.7 Å².